The Balaban J connectivity index is 1.56. The molecule has 1 aromatic carbocycles. The first-order valence-electron chi connectivity index (χ1n) is 6.23. The molecular formula is C14H13ClN2O3. The molecule has 5 nitrogen and oxygen atoms in total. The lowest BCUT2D eigenvalue weighted by Crippen LogP contribution is -2.40. The third kappa shape index (κ3) is 2.72. The molecule has 1 amide bonds. The summed E-state index contributed by atoms with van der Waals surface area (Å²) < 4.78 is 11.3. The molecular weight excluding hydrogens is 280 g/mol. The van der Waals surface area contributed by atoms with Gasteiger partial charge >= 0.3 is 0 Å². The molecule has 2 aromatic rings. The van der Waals surface area contributed by atoms with E-state index in [-0.39, 0.29) is 12.0 Å². The maximum Gasteiger partial charge on any atom is 0.267 e. The van der Waals surface area contributed by atoms with Gasteiger partial charge in [0.1, 0.15) is 18.4 Å². The minimum absolute atomic E-state index is 0.209. The van der Waals surface area contributed by atoms with Crippen LogP contribution in [0, 0.1) is 0 Å². The van der Waals surface area contributed by atoms with E-state index in [1.165, 1.54) is 0 Å². The Bertz CT molecular complexity index is 626. The highest BCUT2D eigenvalue weighted by atomic mass is 35.5. The number of aromatic amines is 1. The monoisotopic (exact) mass is 292 g/mol. The summed E-state index contributed by atoms with van der Waals surface area (Å²) in [6.07, 6.45) is 1.35. The van der Waals surface area contributed by atoms with Crippen LogP contribution in [-0.4, -0.2) is 30.1 Å². The lowest BCUT2D eigenvalue weighted by molar-refractivity contribution is 0.0787. The van der Waals surface area contributed by atoms with Gasteiger partial charge in [0, 0.05) is 6.20 Å². The molecule has 1 atom stereocenters. The second-order valence-electron chi connectivity index (χ2n) is 4.44. The lowest BCUT2D eigenvalue weighted by atomic mass is 10.2. The number of para-hydroxylation sites is 2. The number of H-pyrrole nitrogens is 1. The van der Waals surface area contributed by atoms with Gasteiger partial charge in [0.05, 0.1) is 11.6 Å². The van der Waals surface area contributed by atoms with Crippen molar-refractivity contribution in [2.75, 3.05) is 13.2 Å². The Kier molecular flexibility index (Phi) is 3.52. The molecule has 0 spiro atoms. The summed E-state index contributed by atoms with van der Waals surface area (Å²) in [5, 5.41) is 3.28. The van der Waals surface area contributed by atoms with Crippen LogP contribution in [0.4, 0.5) is 0 Å². The van der Waals surface area contributed by atoms with Gasteiger partial charge in [-0.15, -0.1) is 0 Å². The molecule has 1 unspecified atom stereocenters. The number of hydrogen-bond acceptors (Lipinski definition) is 3. The van der Waals surface area contributed by atoms with Crippen molar-refractivity contribution in [3.63, 3.8) is 0 Å². The van der Waals surface area contributed by atoms with E-state index >= 15 is 0 Å². The Labute approximate surface area is 120 Å². The number of carbonyl (C=O) groups excluding carboxylic acids is 1. The number of amides is 1. The molecule has 0 aliphatic carbocycles. The predicted octanol–water partition coefficient (Wildman–Crippen LogP) is 2.24. The maximum absolute atomic E-state index is 11.8. The van der Waals surface area contributed by atoms with E-state index in [2.05, 4.69) is 10.3 Å². The number of benzene rings is 1. The molecule has 1 aliphatic rings. The summed E-state index contributed by atoms with van der Waals surface area (Å²) in [7, 11) is 0. The first-order chi connectivity index (χ1) is 9.72. The summed E-state index contributed by atoms with van der Waals surface area (Å²) in [6, 6.07) is 9.03. The summed E-state index contributed by atoms with van der Waals surface area (Å²) in [5.74, 6) is 1.20. The van der Waals surface area contributed by atoms with Crippen molar-refractivity contribution in [2.24, 2.45) is 0 Å². The highest BCUT2D eigenvalue weighted by Gasteiger charge is 2.21. The normalized spacial score (nSPS) is 16.8. The van der Waals surface area contributed by atoms with Crippen molar-refractivity contribution < 1.29 is 14.3 Å². The fourth-order valence-corrected chi connectivity index (χ4v) is 2.13. The predicted molar refractivity (Wildman–Crippen MR) is 74.5 cm³/mol. The number of halogens is 1. The van der Waals surface area contributed by atoms with Crippen LogP contribution in [0.25, 0.3) is 0 Å². The molecule has 2 N–H and O–H groups in total. The fourth-order valence-electron chi connectivity index (χ4n) is 1.96. The summed E-state index contributed by atoms with van der Waals surface area (Å²) >= 11 is 5.75. The molecule has 0 bridgehead atoms. The summed E-state index contributed by atoms with van der Waals surface area (Å²) in [5.41, 5.74) is 0.423. The average molecular weight is 293 g/mol. The van der Waals surface area contributed by atoms with Gasteiger partial charge in [-0.2, -0.15) is 0 Å². The minimum atomic E-state index is -0.223. The molecule has 0 saturated heterocycles. The lowest BCUT2D eigenvalue weighted by Gasteiger charge is -2.26. The van der Waals surface area contributed by atoms with Gasteiger partial charge < -0.3 is 19.8 Å². The molecule has 0 radical (unpaired) electrons. The van der Waals surface area contributed by atoms with E-state index < -0.39 is 0 Å². The van der Waals surface area contributed by atoms with Crippen molar-refractivity contribution in [3.8, 4) is 11.5 Å². The average Bonchev–Trinajstić information content (AvgIpc) is 2.91. The molecule has 3 rings (SSSR count). The van der Waals surface area contributed by atoms with Gasteiger partial charge in [-0.3, -0.25) is 4.79 Å². The first kappa shape index (κ1) is 12.9. The van der Waals surface area contributed by atoms with Crippen LogP contribution in [0.2, 0.25) is 5.02 Å². The van der Waals surface area contributed by atoms with Crippen LogP contribution < -0.4 is 14.8 Å². The number of ether oxygens (including phenoxy) is 2. The largest absolute Gasteiger partial charge is 0.486 e. The van der Waals surface area contributed by atoms with Crippen LogP contribution in [0.1, 0.15) is 10.5 Å². The third-order valence-corrected chi connectivity index (χ3v) is 3.17. The quantitative estimate of drug-likeness (QED) is 0.912. The van der Waals surface area contributed by atoms with Crippen molar-refractivity contribution in [1.82, 2.24) is 10.3 Å². The van der Waals surface area contributed by atoms with Gasteiger partial charge in [-0.05, 0) is 18.2 Å². The van der Waals surface area contributed by atoms with Crippen LogP contribution in [-0.2, 0) is 0 Å². The fraction of sp³-hybridized carbons (Fsp3) is 0.214. The van der Waals surface area contributed by atoms with E-state index in [4.69, 9.17) is 21.1 Å². The standard InChI is InChI=1S/C14H13ClN2O3/c15-9-5-11(16-6-9)14(18)17-7-10-8-19-12-3-1-2-4-13(12)20-10/h1-6,10,16H,7-8H2,(H,17,18). The molecule has 1 aliphatic heterocycles. The maximum atomic E-state index is 11.8. The number of rotatable bonds is 3. The second kappa shape index (κ2) is 5.46. The van der Waals surface area contributed by atoms with Gasteiger partial charge in [-0.1, -0.05) is 23.7 Å². The third-order valence-electron chi connectivity index (χ3n) is 2.95. The van der Waals surface area contributed by atoms with Crippen LogP contribution in [0.3, 0.4) is 0 Å². The Morgan fingerprint density at radius 2 is 2.20 bits per heavy atom. The van der Waals surface area contributed by atoms with Crippen LogP contribution in [0.15, 0.2) is 36.5 Å². The van der Waals surface area contributed by atoms with Crippen molar-refractivity contribution in [2.45, 2.75) is 6.10 Å². The summed E-state index contributed by atoms with van der Waals surface area (Å²) in [6.45, 7) is 0.770. The number of aromatic nitrogens is 1. The minimum Gasteiger partial charge on any atom is -0.486 e. The molecule has 2 heterocycles. The molecule has 0 saturated carbocycles. The van der Waals surface area contributed by atoms with E-state index in [9.17, 15) is 4.79 Å². The molecule has 20 heavy (non-hydrogen) atoms. The van der Waals surface area contributed by atoms with E-state index in [1.54, 1.807) is 12.3 Å². The van der Waals surface area contributed by atoms with Crippen LogP contribution in [0.5, 0.6) is 11.5 Å². The van der Waals surface area contributed by atoms with Gasteiger partial charge in [0.2, 0.25) is 0 Å². The van der Waals surface area contributed by atoms with E-state index in [1.807, 2.05) is 24.3 Å². The molecule has 104 valence electrons. The highest BCUT2D eigenvalue weighted by Crippen LogP contribution is 2.30. The SMILES string of the molecule is O=C(NCC1COc2ccccc2O1)c1cc(Cl)c[nH]1. The van der Waals surface area contributed by atoms with Gasteiger partial charge in [0.25, 0.3) is 5.91 Å². The van der Waals surface area contributed by atoms with Crippen molar-refractivity contribution >= 4 is 17.5 Å². The van der Waals surface area contributed by atoms with Crippen molar-refractivity contribution in [1.29, 1.82) is 0 Å². The molecule has 6 heteroatoms. The molecule has 1 aromatic heterocycles. The highest BCUT2D eigenvalue weighted by molar-refractivity contribution is 6.30. The second-order valence-corrected chi connectivity index (χ2v) is 4.88. The zero-order valence-electron chi connectivity index (χ0n) is 10.6. The Morgan fingerprint density at radius 1 is 1.40 bits per heavy atom. The number of fused-ring (bicyclic) bond motifs is 1. The Hall–Kier alpha value is -2.14. The van der Waals surface area contributed by atoms with Gasteiger partial charge in [-0.25, -0.2) is 0 Å². The van der Waals surface area contributed by atoms with Crippen molar-refractivity contribution in [3.05, 3.63) is 47.2 Å². The first-order valence-corrected chi connectivity index (χ1v) is 6.61. The smallest absolute Gasteiger partial charge is 0.267 e. The zero-order chi connectivity index (χ0) is 13.9. The zero-order valence-corrected chi connectivity index (χ0v) is 11.3. The van der Waals surface area contributed by atoms with Crippen LogP contribution >= 0.6 is 11.6 Å². The van der Waals surface area contributed by atoms with Gasteiger partial charge in [0.15, 0.2) is 11.5 Å². The number of nitrogens with one attached hydrogen (secondary N) is 2. The topological polar surface area (TPSA) is 63.4 Å². The van der Waals surface area contributed by atoms with E-state index in [0.717, 1.165) is 5.75 Å². The number of hydrogen-bond donors (Lipinski definition) is 2. The Morgan fingerprint density at radius 3 is 2.95 bits per heavy atom. The summed E-state index contributed by atoms with van der Waals surface area (Å²) in [4.78, 5) is 14.6. The van der Waals surface area contributed by atoms with E-state index in [0.29, 0.717) is 29.6 Å². The number of carbonyl (C=O) groups is 1. The molecule has 0 fully saturated rings.